The molecule has 0 aliphatic carbocycles. The third kappa shape index (κ3) is 5.84. The van der Waals surface area contributed by atoms with Crippen molar-refractivity contribution in [3.63, 3.8) is 0 Å². The molecule has 9 aromatic carbocycles. The molecule has 0 fully saturated rings. The third-order valence-electron chi connectivity index (χ3n) is 12.4. The highest BCUT2D eigenvalue weighted by molar-refractivity contribution is 7.26. The van der Waals surface area contributed by atoms with Crippen molar-refractivity contribution in [2.75, 3.05) is 0 Å². The maximum atomic E-state index is 5.37. The lowest BCUT2D eigenvalue weighted by molar-refractivity contribution is 1.07. The number of hydrogen-bond donors (Lipinski definition) is 0. The van der Waals surface area contributed by atoms with Gasteiger partial charge < -0.3 is 4.57 Å². The number of hydrogen-bond acceptors (Lipinski definition) is 5. The normalized spacial score (nSPS) is 11.8. The molecule has 0 atom stereocenters. The topological polar surface area (TPSA) is 56.5 Å². The standard InChI is InChI=1S/C58H35N5S/c1-4-16-36(17-5-1)54-53-45(43-24-10-12-28-48(43)59-54)32-33-49-52(53)47-31-30-40(35-50(47)63(49)41-22-8-3-9-23-41)58-61-56(37-18-6-2-7-19-37)60-57(62-58)39-21-14-20-38(34-39)42-26-15-27-46-44-25-11-13-29-51(44)64-55(42)46/h1-35H. The number of nitrogens with zero attached hydrogens (tertiary/aromatic N) is 5. The number of thiophene rings is 1. The van der Waals surface area contributed by atoms with E-state index in [1.54, 1.807) is 0 Å². The summed E-state index contributed by atoms with van der Waals surface area (Å²) < 4.78 is 4.93. The van der Waals surface area contributed by atoms with E-state index in [2.05, 4.69) is 199 Å². The van der Waals surface area contributed by atoms with E-state index in [1.165, 1.54) is 31.1 Å². The number of benzene rings is 9. The Morgan fingerprint density at radius 1 is 0.344 bits per heavy atom. The first-order valence-corrected chi connectivity index (χ1v) is 22.3. The van der Waals surface area contributed by atoms with Crippen molar-refractivity contribution >= 4 is 75.0 Å². The molecular weight excluding hydrogens is 799 g/mol. The van der Waals surface area contributed by atoms with Gasteiger partial charge in [-0.15, -0.1) is 11.3 Å². The molecule has 0 bridgehead atoms. The Kier molecular flexibility index (Phi) is 8.32. The minimum atomic E-state index is 0.607. The molecule has 6 heteroatoms. The molecule has 4 heterocycles. The van der Waals surface area contributed by atoms with Gasteiger partial charge in [-0.1, -0.05) is 170 Å². The van der Waals surface area contributed by atoms with E-state index in [0.717, 1.165) is 77.3 Å². The van der Waals surface area contributed by atoms with Crippen molar-refractivity contribution in [2.24, 2.45) is 0 Å². The lowest BCUT2D eigenvalue weighted by atomic mass is 9.96. The molecule has 0 amide bonds. The highest BCUT2D eigenvalue weighted by atomic mass is 32.1. The highest BCUT2D eigenvalue weighted by Crippen LogP contribution is 2.44. The zero-order chi connectivity index (χ0) is 42.1. The van der Waals surface area contributed by atoms with E-state index in [1.807, 2.05) is 29.5 Å². The summed E-state index contributed by atoms with van der Waals surface area (Å²) in [6, 6.07) is 74.9. The zero-order valence-corrected chi connectivity index (χ0v) is 35.2. The van der Waals surface area contributed by atoms with Gasteiger partial charge in [0.05, 0.1) is 22.2 Å². The summed E-state index contributed by atoms with van der Waals surface area (Å²) >= 11 is 1.84. The Balaban J connectivity index is 1.05. The van der Waals surface area contributed by atoms with Crippen molar-refractivity contribution in [1.82, 2.24) is 24.5 Å². The van der Waals surface area contributed by atoms with Crippen molar-refractivity contribution in [3.8, 4) is 62.2 Å². The quantitative estimate of drug-likeness (QED) is 0.157. The highest BCUT2D eigenvalue weighted by Gasteiger charge is 2.22. The molecule has 5 nitrogen and oxygen atoms in total. The summed E-state index contributed by atoms with van der Waals surface area (Å²) in [6.45, 7) is 0. The van der Waals surface area contributed by atoms with E-state index >= 15 is 0 Å². The molecule has 64 heavy (non-hydrogen) atoms. The molecule has 0 aliphatic heterocycles. The van der Waals surface area contributed by atoms with Crippen LogP contribution in [0, 0.1) is 0 Å². The van der Waals surface area contributed by atoms with Gasteiger partial charge in [0.2, 0.25) is 0 Å². The van der Waals surface area contributed by atoms with Crippen LogP contribution in [-0.2, 0) is 0 Å². The number of rotatable bonds is 6. The molecule has 0 aliphatic rings. The minimum absolute atomic E-state index is 0.607. The minimum Gasteiger partial charge on any atom is -0.309 e. The fourth-order valence-electron chi connectivity index (χ4n) is 9.50. The average molecular weight is 834 g/mol. The summed E-state index contributed by atoms with van der Waals surface area (Å²) in [5.74, 6) is 1.85. The van der Waals surface area contributed by atoms with Crippen LogP contribution in [0.15, 0.2) is 212 Å². The number of aromatic nitrogens is 5. The van der Waals surface area contributed by atoms with Crippen LogP contribution >= 0.6 is 11.3 Å². The van der Waals surface area contributed by atoms with E-state index in [4.69, 9.17) is 19.9 Å². The van der Waals surface area contributed by atoms with E-state index in [0.29, 0.717) is 17.5 Å². The van der Waals surface area contributed by atoms with Gasteiger partial charge in [-0.05, 0) is 59.0 Å². The Labute approximate surface area is 372 Å². The van der Waals surface area contributed by atoms with Crippen molar-refractivity contribution < 1.29 is 0 Å². The molecule has 0 saturated carbocycles. The monoisotopic (exact) mass is 833 g/mol. The van der Waals surface area contributed by atoms with Crippen LogP contribution in [0.3, 0.4) is 0 Å². The fraction of sp³-hybridized carbons (Fsp3) is 0. The molecular formula is C58H35N5S. The maximum Gasteiger partial charge on any atom is 0.164 e. The Bertz CT molecular complexity index is 3950. The Morgan fingerprint density at radius 3 is 1.73 bits per heavy atom. The Morgan fingerprint density at radius 2 is 0.938 bits per heavy atom. The molecule has 0 saturated heterocycles. The molecule has 0 radical (unpaired) electrons. The van der Waals surface area contributed by atoms with Gasteiger partial charge in [0.15, 0.2) is 17.5 Å². The molecule has 13 aromatic rings. The summed E-state index contributed by atoms with van der Waals surface area (Å²) in [5.41, 5.74) is 11.3. The van der Waals surface area contributed by atoms with Gasteiger partial charge in [0.25, 0.3) is 0 Å². The third-order valence-corrected chi connectivity index (χ3v) is 13.6. The predicted molar refractivity (Wildman–Crippen MR) is 267 cm³/mol. The summed E-state index contributed by atoms with van der Waals surface area (Å²) in [6.07, 6.45) is 0. The van der Waals surface area contributed by atoms with Crippen LogP contribution in [0.1, 0.15) is 0 Å². The van der Waals surface area contributed by atoms with E-state index < -0.39 is 0 Å². The Hall–Kier alpha value is -8.32. The smallest absolute Gasteiger partial charge is 0.164 e. The van der Waals surface area contributed by atoms with Crippen LogP contribution in [0.5, 0.6) is 0 Å². The lowest BCUT2D eigenvalue weighted by Crippen LogP contribution is -2.00. The SMILES string of the molecule is c1ccc(-c2nc(-c3cccc(-c4cccc5c4sc4ccccc45)c3)nc(-c3ccc4c5c6c(-c7ccccc7)nc7ccccc7c6ccc5n(-c5ccccc5)c4c3)n2)cc1. The van der Waals surface area contributed by atoms with Crippen LogP contribution in [0.4, 0.5) is 0 Å². The van der Waals surface area contributed by atoms with Gasteiger partial charge in [-0.25, -0.2) is 19.9 Å². The summed E-state index contributed by atoms with van der Waals surface area (Å²) in [7, 11) is 0. The van der Waals surface area contributed by atoms with Crippen molar-refractivity contribution in [2.45, 2.75) is 0 Å². The maximum absolute atomic E-state index is 5.37. The summed E-state index contributed by atoms with van der Waals surface area (Å²) in [5, 5.41) is 8.29. The first-order valence-electron chi connectivity index (χ1n) is 21.5. The van der Waals surface area contributed by atoms with Crippen molar-refractivity contribution in [3.05, 3.63) is 212 Å². The van der Waals surface area contributed by atoms with Crippen LogP contribution in [0.2, 0.25) is 0 Å². The molecule has 0 N–H and O–H groups in total. The second-order valence-corrected chi connectivity index (χ2v) is 17.2. The molecule has 13 rings (SSSR count). The molecule has 0 unspecified atom stereocenters. The van der Waals surface area contributed by atoms with Gasteiger partial charge in [-0.3, -0.25) is 0 Å². The van der Waals surface area contributed by atoms with Crippen LogP contribution in [0.25, 0.3) is 126 Å². The van der Waals surface area contributed by atoms with Gasteiger partial charge >= 0.3 is 0 Å². The number of fused-ring (bicyclic) bond motifs is 10. The largest absolute Gasteiger partial charge is 0.309 e. The van der Waals surface area contributed by atoms with Gasteiger partial charge in [0, 0.05) is 69.7 Å². The molecule has 298 valence electrons. The average Bonchev–Trinajstić information content (AvgIpc) is 3.92. The second-order valence-electron chi connectivity index (χ2n) is 16.2. The molecule has 4 aromatic heterocycles. The number of para-hydroxylation sites is 2. The lowest BCUT2D eigenvalue weighted by Gasteiger charge is -2.12. The first kappa shape index (κ1) is 36.3. The van der Waals surface area contributed by atoms with E-state index in [-0.39, 0.29) is 0 Å². The fourth-order valence-corrected chi connectivity index (χ4v) is 10.7. The van der Waals surface area contributed by atoms with Gasteiger partial charge in [-0.2, -0.15) is 0 Å². The molecule has 0 spiro atoms. The van der Waals surface area contributed by atoms with Crippen LogP contribution in [-0.4, -0.2) is 24.5 Å². The first-order chi connectivity index (χ1) is 31.7. The second kappa shape index (κ2) is 14.7. The van der Waals surface area contributed by atoms with Crippen LogP contribution < -0.4 is 0 Å². The summed E-state index contributed by atoms with van der Waals surface area (Å²) in [4.78, 5) is 21.0. The predicted octanol–water partition coefficient (Wildman–Crippen LogP) is 15.4. The van der Waals surface area contributed by atoms with Crippen molar-refractivity contribution in [1.29, 1.82) is 0 Å². The number of pyridine rings is 1. The zero-order valence-electron chi connectivity index (χ0n) is 34.4. The van der Waals surface area contributed by atoms with E-state index in [9.17, 15) is 0 Å². The van der Waals surface area contributed by atoms with Gasteiger partial charge in [0.1, 0.15) is 0 Å².